The summed E-state index contributed by atoms with van der Waals surface area (Å²) in [6.07, 6.45) is 1.88. The summed E-state index contributed by atoms with van der Waals surface area (Å²) < 4.78 is 3.80. The molecular weight excluding hydrogens is 380 g/mol. The SMILES string of the molecule is CN(Cc1cc(Br)cs1)C(=O)c1cc(Br)cn1C. The lowest BCUT2D eigenvalue weighted by molar-refractivity contribution is 0.0777. The largest absolute Gasteiger partial charge is 0.345 e. The molecule has 0 aliphatic heterocycles. The van der Waals surface area contributed by atoms with E-state index in [9.17, 15) is 4.79 Å². The summed E-state index contributed by atoms with van der Waals surface area (Å²) in [5.41, 5.74) is 0.681. The van der Waals surface area contributed by atoms with Crippen molar-refractivity contribution in [2.75, 3.05) is 7.05 Å². The lowest BCUT2D eigenvalue weighted by Crippen LogP contribution is -2.27. The van der Waals surface area contributed by atoms with E-state index in [-0.39, 0.29) is 5.91 Å². The Bertz CT molecular complexity index is 576. The van der Waals surface area contributed by atoms with Gasteiger partial charge in [0.05, 0.1) is 6.54 Å². The third-order valence-corrected chi connectivity index (χ3v) is 4.67. The normalized spacial score (nSPS) is 10.7. The number of nitrogens with zero attached hydrogens (tertiary/aromatic N) is 2. The van der Waals surface area contributed by atoms with Crippen LogP contribution in [0, 0.1) is 0 Å². The number of amides is 1. The van der Waals surface area contributed by atoms with Crippen LogP contribution in [0.5, 0.6) is 0 Å². The smallest absolute Gasteiger partial charge is 0.270 e. The maximum atomic E-state index is 12.3. The molecule has 0 aromatic carbocycles. The van der Waals surface area contributed by atoms with Crippen LogP contribution in [0.3, 0.4) is 0 Å². The molecule has 0 unspecified atom stereocenters. The van der Waals surface area contributed by atoms with Crippen molar-refractivity contribution in [3.05, 3.63) is 43.2 Å². The second kappa shape index (κ2) is 5.59. The van der Waals surface area contributed by atoms with Crippen LogP contribution in [0.25, 0.3) is 0 Å². The minimum atomic E-state index is 0.0210. The molecule has 0 bridgehead atoms. The second-order valence-electron chi connectivity index (χ2n) is 4.05. The Morgan fingerprint density at radius 2 is 2.11 bits per heavy atom. The van der Waals surface area contributed by atoms with Crippen LogP contribution in [-0.2, 0) is 13.6 Å². The van der Waals surface area contributed by atoms with Crippen molar-refractivity contribution >= 4 is 49.1 Å². The van der Waals surface area contributed by atoms with Crippen molar-refractivity contribution in [2.45, 2.75) is 6.54 Å². The van der Waals surface area contributed by atoms with E-state index in [1.807, 2.05) is 42.4 Å². The van der Waals surface area contributed by atoms with Crippen LogP contribution >= 0.6 is 43.2 Å². The number of hydrogen-bond acceptors (Lipinski definition) is 2. The van der Waals surface area contributed by atoms with Gasteiger partial charge in [0.15, 0.2) is 0 Å². The van der Waals surface area contributed by atoms with Gasteiger partial charge in [-0.05, 0) is 44.0 Å². The first-order chi connectivity index (χ1) is 8.47. The fourth-order valence-corrected chi connectivity index (χ4v) is 3.70. The van der Waals surface area contributed by atoms with Crippen molar-refractivity contribution in [1.82, 2.24) is 9.47 Å². The molecule has 0 spiro atoms. The number of carbonyl (C=O) groups is 1. The summed E-state index contributed by atoms with van der Waals surface area (Å²) in [6.45, 7) is 0.623. The predicted molar refractivity (Wildman–Crippen MR) is 80.9 cm³/mol. The summed E-state index contributed by atoms with van der Waals surface area (Å²) in [4.78, 5) is 15.1. The summed E-state index contributed by atoms with van der Waals surface area (Å²) in [5.74, 6) is 0.0210. The van der Waals surface area contributed by atoms with Gasteiger partial charge in [-0.15, -0.1) is 11.3 Å². The maximum Gasteiger partial charge on any atom is 0.270 e. The van der Waals surface area contributed by atoms with Crippen molar-refractivity contribution in [1.29, 1.82) is 0 Å². The van der Waals surface area contributed by atoms with Gasteiger partial charge < -0.3 is 9.47 Å². The number of thiophene rings is 1. The molecule has 0 aliphatic carbocycles. The van der Waals surface area contributed by atoms with Crippen molar-refractivity contribution in [2.24, 2.45) is 7.05 Å². The fraction of sp³-hybridized carbons (Fsp3) is 0.250. The highest BCUT2D eigenvalue weighted by molar-refractivity contribution is 9.10. The predicted octanol–water partition coefficient (Wildman–Crippen LogP) is 3.88. The lowest BCUT2D eigenvalue weighted by Gasteiger charge is -2.16. The summed E-state index contributed by atoms with van der Waals surface area (Å²) in [6, 6.07) is 3.87. The molecule has 2 aromatic rings. The van der Waals surface area contributed by atoms with Crippen LogP contribution < -0.4 is 0 Å². The zero-order valence-corrected chi connectivity index (χ0v) is 14.0. The highest BCUT2D eigenvalue weighted by Gasteiger charge is 2.16. The second-order valence-corrected chi connectivity index (χ2v) is 6.87. The average Bonchev–Trinajstić information content (AvgIpc) is 2.84. The lowest BCUT2D eigenvalue weighted by atomic mass is 10.3. The number of carbonyl (C=O) groups excluding carboxylic acids is 1. The first-order valence-corrected chi connectivity index (χ1v) is 7.74. The molecule has 0 radical (unpaired) electrons. The third-order valence-electron chi connectivity index (χ3n) is 2.55. The molecule has 6 heteroatoms. The summed E-state index contributed by atoms with van der Waals surface area (Å²) >= 11 is 8.43. The van der Waals surface area contributed by atoms with Gasteiger partial charge in [-0.2, -0.15) is 0 Å². The van der Waals surface area contributed by atoms with Crippen LogP contribution in [-0.4, -0.2) is 22.4 Å². The van der Waals surface area contributed by atoms with E-state index in [1.165, 1.54) is 0 Å². The first kappa shape index (κ1) is 13.8. The Balaban J connectivity index is 2.11. The van der Waals surface area contributed by atoms with Gasteiger partial charge >= 0.3 is 0 Å². The van der Waals surface area contributed by atoms with Crippen molar-refractivity contribution < 1.29 is 4.79 Å². The minimum Gasteiger partial charge on any atom is -0.345 e. The van der Waals surface area contributed by atoms with Crippen LogP contribution in [0.15, 0.2) is 32.7 Å². The molecule has 0 fully saturated rings. The van der Waals surface area contributed by atoms with Gasteiger partial charge in [0.2, 0.25) is 0 Å². The highest BCUT2D eigenvalue weighted by Crippen LogP contribution is 2.22. The van der Waals surface area contributed by atoms with E-state index in [2.05, 4.69) is 31.9 Å². The molecule has 18 heavy (non-hydrogen) atoms. The molecule has 2 aromatic heterocycles. The molecule has 0 saturated heterocycles. The molecule has 0 atom stereocenters. The Labute approximate surface area is 127 Å². The number of aryl methyl sites for hydroxylation is 1. The Kier molecular flexibility index (Phi) is 4.29. The molecular formula is C12H12Br2N2OS. The van der Waals surface area contributed by atoms with Crippen LogP contribution in [0.2, 0.25) is 0 Å². The number of aromatic nitrogens is 1. The molecule has 2 heterocycles. The Morgan fingerprint density at radius 3 is 2.61 bits per heavy atom. The van der Waals surface area contributed by atoms with E-state index in [1.54, 1.807) is 16.2 Å². The van der Waals surface area contributed by atoms with Crippen LogP contribution in [0.1, 0.15) is 15.4 Å². The van der Waals surface area contributed by atoms with Gasteiger partial charge in [0.1, 0.15) is 5.69 Å². The third kappa shape index (κ3) is 3.05. The van der Waals surface area contributed by atoms with Gasteiger partial charge in [-0.1, -0.05) is 0 Å². The molecule has 1 amide bonds. The molecule has 96 valence electrons. The maximum absolute atomic E-state index is 12.3. The van der Waals surface area contributed by atoms with E-state index in [0.29, 0.717) is 12.2 Å². The van der Waals surface area contributed by atoms with Crippen molar-refractivity contribution in [3.63, 3.8) is 0 Å². The molecule has 0 N–H and O–H groups in total. The molecule has 2 rings (SSSR count). The molecule has 0 aliphatic rings. The summed E-state index contributed by atoms with van der Waals surface area (Å²) in [5, 5.41) is 2.02. The minimum absolute atomic E-state index is 0.0210. The zero-order chi connectivity index (χ0) is 13.3. The number of halogens is 2. The Morgan fingerprint density at radius 1 is 1.39 bits per heavy atom. The van der Waals surface area contributed by atoms with Gasteiger partial charge in [0.25, 0.3) is 5.91 Å². The monoisotopic (exact) mass is 390 g/mol. The fourth-order valence-electron chi connectivity index (χ4n) is 1.67. The summed E-state index contributed by atoms with van der Waals surface area (Å²) in [7, 11) is 3.68. The average molecular weight is 392 g/mol. The van der Waals surface area contributed by atoms with E-state index < -0.39 is 0 Å². The zero-order valence-electron chi connectivity index (χ0n) is 9.98. The first-order valence-electron chi connectivity index (χ1n) is 5.27. The topological polar surface area (TPSA) is 25.2 Å². The van der Waals surface area contributed by atoms with Gasteiger partial charge in [-0.25, -0.2) is 0 Å². The molecule has 0 saturated carbocycles. The van der Waals surface area contributed by atoms with Gasteiger partial charge in [0, 0.05) is 39.5 Å². The number of rotatable bonds is 3. The van der Waals surface area contributed by atoms with E-state index >= 15 is 0 Å². The van der Waals surface area contributed by atoms with Crippen molar-refractivity contribution in [3.8, 4) is 0 Å². The standard InChI is InChI=1S/C12H12Br2N2OS/c1-15-5-8(13)4-11(15)12(17)16(2)6-10-3-9(14)7-18-10/h3-5,7H,6H2,1-2H3. The Hall–Kier alpha value is -0.590. The van der Waals surface area contributed by atoms with Gasteiger partial charge in [-0.3, -0.25) is 4.79 Å². The molecule has 3 nitrogen and oxygen atoms in total. The number of hydrogen-bond donors (Lipinski definition) is 0. The van der Waals surface area contributed by atoms with Crippen LogP contribution in [0.4, 0.5) is 0 Å². The quantitative estimate of drug-likeness (QED) is 0.779. The van der Waals surface area contributed by atoms with E-state index in [4.69, 9.17) is 0 Å². The highest BCUT2D eigenvalue weighted by atomic mass is 79.9. The van der Waals surface area contributed by atoms with E-state index in [0.717, 1.165) is 13.8 Å².